The van der Waals surface area contributed by atoms with Crippen LogP contribution >= 0.6 is 0 Å². The highest BCUT2D eigenvalue weighted by Gasteiger charge is 2.26. The molecule has 1 amide bonds. The van der Waals surface area contributed by atoms with Crippen molar-refractivity contribution in [2.75, 3.05) is 19.6 Å². The van der Waals surface area contributed by atoms with Crippen molar-refractivity contribution >= 4 is 11.7 Å². The molecule has 124 valence electrons. The molecule has 1 aliphatic heterocycles. The first-order chi connectivity index (χ1) is 11.7. The number of amides is 1. The molecule has 0 bridgehead atoms. The highest BCUT2D eigenvalue weighted by Crippen LogP contribution is 2.15. The second-order valence-electron chi connectivity index (χ2n) is 5.94. The van der Waals surface area contributed by atoms with Crippen LogP contribution in [0.2, 0.25) is 0 Å². The van der Waals surface area contributed by atoms with E-state index in [4.69, 9.17) is 0 Å². The molecule has 2 aromatic rings. The molecule has 1 aliphatic rings. The molecule has 1 fully saturated rings. The van der Waals surface area contributed by atoms with E-state index in [0.717, 1.165) is 0 Å². The Morgan fingerprint density at radius 3 is 2.33 bits per heavy atom. The molecule has 0 aromatic heterocycles. The van der Waals surface area contributed by atoms with Crippen molar-refractivity contribution in [2.45, 2.75) is 6.10 Å². The summed E-state index contributed by atoms with van der Waals surface area (Å²) in [6.45, 7) is 1.59. The SMILES string of the molecule is O=C(NCC1CNCC1O)c1ccccc1C(=O)c1ccccc1. The van der Waals surface area contributed by atoms with Crippen LogP contribution in [0.3, 0.4) is 0 Å². The third kappa shape index (κ3) is 3.53. The first-order valence-corrected chi connectivity index (χ1v) is 8.02. The number of aliphatic hydroxyl groups is 1. The molecule has 3 rings (SSSR count). The van der Waals surface area contributed by atoms with Crippen molar-refractivity contribution in [3.8, 4) is 0 Å². The molecule has 0 spiro atoms. The lowest BCUT2D eigenvalue weighted by Crippen LogP contribution is -2.35. The summed E-state index contributed by atoms with van der Waals surface area (Å²) in [5.41, 5.74) is 1.28. The first-order valence-electron chi connectivity index (χ1n) is 8.02. The number of carbonyl (C=O) groups is 2. The Morgan fingerprint density at radius 2 is 1.67 bits per heavy atom. The molecule has 1 saturated heterocycles. The number of hydrogen-bond donors (Lipinski definition) is 3. The minimum atomic E-state index is -0.452. The number of β-amino-alcohol motifs (C(OH)–C–C–N with tert-alkyl or cyclic N) is 1. The van der Waals surface area contributed by atoms with Crippen LogP contribution in [0.25, 0.3) is 0 Å². The summed E-state index contributed by atoms with van der Waals surface area (Å²) in [6, 6.07) is 15.7. The maximum atomic E-state index is 12.7. The predicted octanol–water partition coefficient (Wildman–Crippen LogP) is 1.23. The minimum absolute atomic E-state index is 0.00839. The lowest BCUT2D eigenvalue weighted by molar-refractivity contribution is 0.0917. The molecule has 2 aromatic carbocycles. The number of hydrogen-bond acceptors (Lipinski definition) is 4. The number of aliphatic hydroxyl groups excluding tert-OH is 1. The zero-order valence-corrected chi connectivity index (χ0v) is 13.2. The van der Waals surface area contributed by atoms with Gasteiger partial charge in [0, 0.05) is 36.7 Å². The number of carbonyl (C=O) groups excluding carboxylic acids is 2. The molecule has 2 unspecified atom stereocenters. The fourth-order valence-electron chi connectivity index (χ4n) is 2.87. The average Bonchev–Trinajstić information content (AvgIpc) is 3.05. The second kappa shape index (κ2) is 7.38. The van der Waals surface area contributed by atoms with Gasteiger partial charge < -0.3 is 15.7 Å². The molecule has 24 heavy (non-hydrogen) atoms. The van der Waals surface area contributed by atoms with Gasteiger partial charge in [0.25, 0.3) is 5.91 Å². The summed E-state index contributed by atoms with van der Waals surface area (Å²) < 4.78 is 0. The van der Waals surface area contributed by atoms with Crippen molar-refractivity contribution < 1.29 is 14.7 Å². The van der Waals surface area contributed by atoms with E-state index in [-0.39, 0.29) is 17.6 Å². The van der Waals surface area contributed by atoms with Crippen LogP contribution in [-0.2, 0) is 0 Å². The monoisotopic (exact) mass is 324 g/mol. The maximum Gasteiger partial charge on any atom is 0.252 e. The molecule has 0 radical (unpaired) electrons. The summed E-state index contributed by atoms with van der Waals surface area (Å²) in [6.07, 6.45) is -0.452. The highest BCUT2D eigenvalue weighted by atomic mass is 16.3. The van der Waals surface area contributed by atoms with Crippen molar-refractivity contribution in [2.24, 2.45) is 5.92 Å². The molecular formula is C19H20N2O3. The topological polar surface area (TPSA) is 78.4 Å². The van der Waals surface area contributed by atoms with Crippen molar-refractivity contribution in [3.05, 3.63) is 71.3 Å². The molecule has 0 saturated carbocycles. The third-order valence-corrected chi connectivity index (χ3v) is 4.28. The van der Waals surface area contributed by atoms with Gasteiger partial charge in [-0.1, -0.05) is 48.5 Å². The number of benzene rings is 2. The average molecular weight is 324 g/mol. The Labute approximate surface area is 140 Å². The van der Waals surface area contributed by atoms with E-state index < -0.39 is 6.10 Å². The van der Waals surface area contributed by atoms with Crippen molar-refractivity contribution in [1.29, 1.82) is 0 Å². The molecule has 5 heteroatoms. The van der Waals surface area contributed by atoms with Gasteiger partial charge in [-0.25, -0.2) is 0 Å². The fraction of sp³-hybridized carbons (Fsp3) is 0.263. The molecular weight excluding hydrogens is 304 g/mol. The zero-order chi connectivity index (χ0) is 16.9. The minimum Gasteiger partial charge on any atom is -0.391 e. The number of rotatable bonds is 5. The molecule has 5 nitrogen and oxygen atoms in total. The second-order valence-corrected chi connectivity index (χ2v) is 5.94. The Balaban J connectivity index is 1.76. The standard InChI is InChI=1S/C19H20N2O3/c22-17-12-20-10-14(17)11-21-19(24)16-9-5-4-8-15(16)18(23)13-6-2-1-3-7-13/h1-9,14,17,20,22H,10-12H2,(H,21,24). The van der Waals surface area contributed by atoms with Crippen molar-refractivity contribution in [3.63, 3.8) is 0 Å². The summed E-state index contributed by atoms with van der Waals surface area (Å²) in [4.78, 5) is 25.2. The fourth-order valence-corrected chi connectivity index (χ4v) is 2.87. The predicted molar refractivity (Wildman–Crippen MR) is 91.0 cm³/mol. The molecule has 1 heterocycles. The van der Waals surface area contributed by atoms with Crippen LogP contribution in [0.1, 0.15) is 26.3 Å². The van der Waals surface area contributed by atoms with Crippen LogP contribution < -0.4 is 10.6 Å². The number of nitrogens with one attached hydrogen (secondary N) is 2. The highest BCUT2D eigenvalue weighted by molar-refractivity contribution is 6.15. The molecule has 2 atom stereocenters. The number of ketones is 1. The Kier molecular flexibility index (Phi) is 5.03. The van der Waals surface area contributed by atoms with E-state index in [1.807, 2.05) is 6.07 Å². The van der Waals surface area contributed by atoms with Gasteiger partial charge in [0.1, 0.15) is 0 Å². The van der Waals surface area contributed by atoms with Crippen molar-refractivity contribution in [1.82, 2.24) is 10.6 Å². The molecule has 0 aliphatic carbocycles. The first kappa shape index (κ1) is 16.4. The van der Waals surface area contributed by atoms with Crippen LogP contribution in [0.15, 0.2) is 54.6 Å². The van der Waals surface area contributed by atoms with Gasteiger partial charge in [0.15, 0.2) is 5.78 Å². The third-order valence-electron chi connectivity index (χ3n) is 4.28. The maximum absolute atomic E-state index is 12.7. The van der Waals surface area contributed by atoms with Crippen LogP contribution in [0.4, 0.5) is 0 Å². The van der Waals surface area contributed by atoms with Crippen LogP contribution in [0, 0.1) is 5.92 Å². The van der Waals surface area contributed by atoms with Gasteiger partial charge in [-0.05, 0) is 6.07 Å². The summed E-state index contributed by atoms with van der Waals surface area (Å²) in [5.74, 6) is -0.483. The van der Waals surface area contributed by atoms with Gasteiger partial charge in [0.2, 0.25) is 0 Å². The lowest BCUT2D eigenvalue weighted by atomic mass is 9.97. The zero-order valence-electron chi connectivity index (χ0n) is 13.2. The summed E-state index contributed by atoms with van der Waals surface area (Å²) in [5, 5.41) is 15.7. The molecule has 3 N–H and O–H groups in total. The van der Waals surface area contributed by atoms with Gasteiger partial charge in [-0.3, -0.25) is 9.59 Å². The van der Waals surface area contributed by atoms with E-state index >= 15 is 0 Å². The summed E-state index contributed by atoms with van der Waals surface area (Å²) >= 11 is 0. The van der Waals surface area contributed by atoms with E-state index in [9.17, 15) is 14.7 Å². The Bertz CT molecular complexity index is 730. The van der Waals surface area contributed by atoms with Gasteiger partial charge in [-0.15, -0.1) is 0 Å². The van der Waals surface area contributed by atoms with Gasteiger partial charge >= 0.3 is 0 Å². The van der Waals surface area contributed by atoms with E-state index in [1.54, 1.807) is 48.5 Å². The van der Waals surface area contributed by atoms with E-state index in [0.29, 0.717) is 36.3 Å². The van der Waals surface area contributed by atoms with Gasteiger partial charge in [0.05, 0.1) is 11.7 Å². The Hall–Kier alpha value is -2.50. The van der Waals surface area contributed by atoms with Crippen LogP contribution in [0.5, 0.6) is 0 Å². The summed E-state index contributed by atoms with van der Waals surface area (Å²) in [7, 11) is 0. The smallest absolute Gasteiger partial charge is 0.252 e. The van der Waals surface area contributed by atoms with E-state index in [2.05, 4.69) is 10.6 Å². The van der Waals surface area contributed by atoms with E-state index in [1.165, 1.54) is 0 Å². The Morgan fingerprint density at radius 1 is 1.00 bits per heavy atom. The quantitative estimate of drug-likeness (QED) is 0.723. The van der Waals surface area contributed by atoms with Gasteiger partial charge in [-0.2, -0.15) is 0 Å². The normalized spacial score (nSPS) is 19.9. The lowest BCUT2D eigenvalue weighted by Gasteiger charge is -2.15. The van der Waals surface area contributed by atoms with Crippen LogP contribution in [-0.4, -0.2) is 42.5 Å². The largest absolute Gasteiger partial charge is 0.391 e.